The van der Waals surface area contributed by atoms with Crippen molar-refractivity contribution in [2.45, 2.75) is 19.1 Å². The predicted molar refractivity (Wildman–Crippen MR) is 87.1 cm³/mol. The predicted octanol–water partition coefficient (Wildman–Crippen LogP) is 2.53. The Morgan fingerprint density at radius 1 is 1.39 bits per heavy atom. The maximum Gasteiger partial charge on any atom is 0.328 e. The van der Waals surface area contributed by atoms with Crippen molar-refractivity contribution in [2.24, 2.45) is 0 Å². The fraction of sp³-hybridized carbons (Fsp3) is 0.333. The van der Waals surface area contributed by atoms with Gasteiger partial charge in [0.15, 0.2) is 12.1 Å². The molecule has 0 spiro atoms. The molecule has 2 unspecified atom stereocenters. The molecule has 1 aromatic rings. The minimum atomic E-state index is -1.20. The maximum atomic E-state index is 12.0. The lowest BCUT2D eigenvalue weighted by molar-refractivity contribution is -0.144. The van der Waals surface area contributed by atoms with Crippen LogP contribution in [-0.4, -0.2) is 42.3 Å². The molecule has 0 saturated carbocycles. The molecule has 8 heteroatoms. The average Bonchev–Trinajstić information content (AvgIpc) is 2.49. The number of aliphatic carboxylic acids is 1. The van der Waals surface area contributed by atoms with Crippen molar-refractivity contribution in [3.63, 3.8) is 0 Å². The lowest BCUT2D eigenvalue weighted by Gasteiger charge is -2.19. The van der Waals surface area contributed by atoms with Gasteiger partial charge < -0.3 is 19.9 Å². The second-order valence-corrected chi connectivity index (χ2v) is 5.38. The number of hydrogen-bond donors (Lipinski definition) is 2. The number of carboxylic acids is 1. The Kier molecular flexibility index (Phi) is 7.88. The molecule has 0 aliphatic carbocycles. The molecule has 0 aliphatic heterocycles. The summed E-state index contributed by atoms with van der Waals surface area (Å²) in [6, 6.07) is 3.38. The van der Waals surface area contributed by atoms with E-state index in [2.05, 4.69) is 11.9 Å². The molecule has 0 fully saturated rings. The SMILES string of the molecule is C=CCOCC(NC(=O)C(C)Oc1ccc(Cl)c(Cl)c1)C(=O)O. The van der Waals surface area contributed by atoms with Crippen LogP contribution in [0.1, 0.15) is 6.92 Å². The number of benzene rings is 1. The third-order valence-electron chi connectivity index (χ3n) is 2.71. The summed E-state index contributed by atoms with van der Waals surface area (Å²) in [5.41, 5.74) is 0. The van der Waals surface area contributed by atoms with Crippen LogP contribution >= 0.6 is 23.2 Å². The molecule has 1 aromatic carbocycles. The van der Waals surface area contributed by atoms with E-state index in [4.69, 9.17) is 37.8 Å². The molecule has 0 radical (unpaired) electrons. The average molecular weight is 362 g/mol. The summed E-state index contributed by atoms with van der Waals surface area (Å²) in [6.45, 7) is 4.95. The highest BCUT2D eigenvalue weighted by atomic mass is 35.5. The number of carbonyl (C=O) groups is 2. The van der Waals surface area contributed by atoms with Gasteiger partial charge in [0.05, 0.1) is 23.3 Å². The summed E-state index contributed by atoms with van der Waals surface area (Å²) in [4.78, 5) is 23.1. The minimum Gasteiger partial charge on any atom is -0.481 e. The Labute approximate surface area is 144 Å². The van der Waals surface area contributed by atoms with Crippen LogP contribution in [0, 0.1) is 0 Å². The maximum absolute atomic E-state index is 12.0. The molecule has 1 amide bonds. The third-order valence-corrected chi connectivity index (χ3v) is 3.45. The fourth-order valence-corrected chi connectivity index (χ4v) is 1.83. The molecular formula is C15H17Cl2NO5. The second kappa shape index (κ2) is 9.39. The first-order valence-electron chi connectivity index (χ1n) is 6.68. The molecule has 126 valence electrons. The summed E-state index contributed by atoms with van der Waals surface area (Å²) in [6.07, 6.45) is 0.560. The molecule has 2 N–H and O–H groups in total. The quantitative estimate of drug-likeness (QED) is 0.521. The highest BCUT2D eigenvalue weighted by molar-refractivity contribution is 6.42. The monoisotopic (exact) mass is 361 g/mol. The summed E-state index contributed by atoms with van der Waals surface area (Å²) < 4.78 is 10.5. The molecule has 0 aliphatic rings. The number of amides is 1. The van der Waals surface area contributed by atoms with Gasteiger partial charge in [-0.05, 0) is 19.1 Å². The molecule has 1 rings (SSSR count). The minimum absolute atomic E-state index is 0.174. The number of carbonyl (C=O) groups excluding carboxylic acids is 1. The third kappa shape index (κ3) is 6.48. The zero-order chi connectivity index (χ0) is 17.4. The van der Waals surface area contributed by atoms with Gasteiger partial charge in [0.1, 0.15) is 5.75 Å². The van der Waals surface area contributed by atoms with Gasteiger partial charge in [-0.1, -0.05) is 29.3 Å². The number of ether oxygens (including phenoxy) is 2. The summed E-state index contributed by atoms with van der Waals surface area (Å²) >= 11 is 11.6. The Morgan fingerprint density at radius 3 is 2.65 bits per heavy atom. The van der Waals surface area contributed by atoms with Crippen LogP contribution in [0.4, 0.5) is 0 Å². The van der Waals surface area contributed by atoms with E-state index in [1.165, 1.54) is 25.1 Å². The van der Waals surface area contributed by atoms with E-state index < -0.39 is 24.0 Å². The largest absolute Gasteiger partial charge is 0.481 e. The van der Waals surface area contributed by atoms with E-state index in [1.54, 1.807) is 6.07 Å². The lowest BCUT2D eigenvalue weighted by Crippen LogP contribution is -2.48. The molecular weight excluding hydrogens is 345 g/mol. The highest BCUT2D eigenvalue weighted by Crippen LogP contribution is 2.26. The molecule has 23 heavy (non-hydrogen) atoms. The van der Waals surface area contributed by atoms with E-state index in [-0.39, 0.29) is 18.2 Å². The van der Waals surface area contributed by atoms with Crippen LogP contribution in [0.2, 0.25) is 10.0 Å². The van der Waals surface area contributed by atoms with Crippen LogP contribution < -0.4 is 10.1 Å². The Balaban J connectivity index is 2.61. The van der Waals surface area contributed by atoms with Crippen molar-refractivity contribution in [3.05, 3.63) is 40.9 Å². The van der Waals surface area contributed by atoms with Crippen LogP contribution in [0.5, 0.6) is 5.75 Å². The zero-order valence-corrected chi connectivity index (χ0v) is 13.9. The Bertz CT molecular complexity index is 579. The molecule has 2 atom stereocenters. The van der Waals surface area contributed by atoms with Gasteiger partial charge in [0.2, 0.25) is 0 Å². The van der Waals surface area contributed by atoms with Crippen LogP contribution in [0.3, 0.4) is 0 Å². The van der Waals surface area contributed by atoms with E-state index in [9.17, 15) is 9.59 Å². The van der Waals surface area contributed by atoms with Crippen LogP contribution in [-0.2, 0) is 14.3 Å². The lowest BCUT2D eigenvalue weighted by atomic mass is 10.2. The smallest absolute Gasteiger partial charge is 0.328 e. The Morgan fingerprint density at radius 2 is 2.09 bits per heavy atom. The molecule has 0 heterocycles. The molecule has 0 aromatic heterocycles. The molecule has 6 nitrogen and oxygen atoms in total. The van der Waals surface area contributed by atoms with Gasteiger partial charge in [-0.3, -0.25) is 4.79 Å². The summed E-state index contributed by atoms with van der Waals surface area (Å²) in [7, 11) is 0. The highest BCUT2D eigenvalue weighted by Gasteiger charge is 2.24. The van der Waals surface area contributed by atoms with Gasteiger partial charge in [0.25, 0.3) is 5.91 Å². The number of rotatable bonds is 9. The fourth-order valence-electron chi connectivity index (χ4n) is 1.54. The van der Waals surface area contributed by atoms with Gasteiger partial charge in [0, 0.05) is 6.07 Å². The van der Waals surface area contributed by atoms with E-state index >= 15 is 0 Å². The first-order chi connectivity index (χ1) is 10.8. The number of hydrogen-bond acceptors (Lipinski definition) is 4. The van der Waals surface area contributed by atoms with E-state index in [1.807, 2.05) is 0 Å². The molecule has 0 saturated heterocycles. The number of carboxylic acid groups (broad SMARTS) is 1. The van der Waals surface area contributed by atoms with Gasteiger partial charge in [-0.2, -0.15) is 0 Å². The van der Waals surface area contributed by atoms with Gasteiger partial charge in [-0.25, -0.2) is 4.79 Å². The summed E-state index contributed by atoms with van der Waals surface area (Å²) in [5.74, 6) is -1.45. The van der Waals surface area contributed by atoms with Crippen molar-refractivity contribution in [1.29, 1.82) is 0 Å². The first kappa shape index (κ1) is 19.3. The molecule has 0 bridgehead atoms. The topological polar surface area (TPSA) is 84.9 Å². The first-order valence-corrected chi connectivity index (χ1v) is 7.44. The zero-order valence-electron chi connectivity index (χ0n) is 12.4. The van der Waals surface area contributed by atoms with Crippen LogP contribution in [0.25, 0.3) is 0 Å². The van der Waals surface area contributed by atoms with Crippen molar-refractivity contribution < 1.29 is 24.2 Å². The van der Waals surface area contributed by atoms with Crippen molar-refractivity contribution in [2.75, 3.05) is 13.2 Å². The normalized spacial score (nSPS) is 13.0. The van der Waals surface area contributed by atoms with Gasteiger partial charge >= 0.3 is 5.97 Å². The van der Waals surface area contributed by atoms with Crippen molar-refractivity contribution >= 4 is 35.1 Å². The van der Waals surface area contributed by atoms with E-state index in [0.717, 1.165) is 0 Å². The Hall–Kier alpha value is -1.76. The van der Waals surface area contributed by atoms with Gasteiger partial charge in [-0.15, -0.1) is 6.58 Å². The van der Waals surface area contributed by atoms with Crippen molar-refractivity contribution in [3.8, 4) is 5.75 Å². The summed E-state index contributed by atoms with van der Waals surface area (Å²) in [5, 5.41) is 12.1. The van der Waals surface area contributed by atoms with Crippen molar-refractivity contribution in [1.82, 2.24) is 5.32 Å². The number of halogens is 2. The second-order valence-electron chi connectivity index (χ2n) is 4.56. The van der Waals surface area contributed by atoms with Crippen LogP contribution in [0.15, 0.2) is 30.9 Å². The van der Waals surface area contributed by atoms with E-state index in [0.29, 0.717) is 10.8 Å². The standard InChI is InChI=1S/C15H17Cl2NO5/c1-3-6-22-8-13(15(20)21)18-14(19)9(2)23-10-4-5-11(16)12(17)7-10/h3-5,7,9,13H,1,6,8H2,2H3,(H,18,19)(H,20,21). The number of nitrogens with one attached hydrogen (secondary N) is 1.